The molecule has 1 aromatic carbocycles. The number of alkyl halides is 3. The molecule has 0 aromatic heterocycles. The van der Waals surface area contributed by atoms with Gasteiger partial charge in [0.05, 0.1) is 0 Å². The first-order chi connectivity index (χ1) is 7.31. The molecule has 90 valence electrons. The molecule has 1 rings (SSSR count). The van der Waals surface area contributed by atoms with E-state index in [0.29, 0.717) is 11.1 Å². The van der Waals surface area contributed by atoms with Crippen LogP contribution in [0.2, 0.25) is 0 Å². The van der Waals surface area contributed by atoms with E-state index in [1.807, 2.05) is 0 Å². The fraction of sp³-hybridized carbons (Fsp3) is 0.455. The summed E-state index contributed by atoms with van der Waals surface area (Å²) in [5, 5.41) is 0. The number of rotatable bonds is 3. The first-order valence-electron chi connectivity index (χ1n) is 4.88. The van der Waals surface area contributed by atoms with E-state index in [1.54, 1.807) is 6.07 Å². The molecule has 0 radical (unpaired) electrons. The average Bonchev–Trinajstić information content (AvgIpc) is 2.17. The van der Waals surface area contributed by atoms with Crippen LogP contribution in [0.4, 0.5) is 17.6 Å². The highest BCUT2D eigenvalue weighted by Crippen LogP contribution is 2.28. The minimum atomic E-state index is -4.22. The summed E-state index contributed by atoms with van der Waals surface area (Å²) in [4.78, 5) is 0. The Kier molecular flexibility index (Phi) is 3.91. The van der Waals surface area contributed by atoms with E-state index in [4.69, 9.17) is 5.73 Å². The lowest BCUT2D eigenvalue weighted by atomic mass is 9.98. The largest absolute Gasteiger partial charge is 0.389 e. The van der Waals surface area contributed by atoms with E-state index in [1.165, 1.54) is 19.1 Å². The van der Waals surface area contributed by atoms with E-state index in [0.717, 1.165) is 0 Å². The maximum Gasteiger partial charge on any atom is 0.389 e. The summed E-state index contributed by atoms with van der Waals surface area (Å²) in [5.74, 6) is -0.444. The van der Waals surface area contributed by atoms with Gasteiger partial charge in [0, 0.05) is 12.5 Å². The molecule has 1 atom stereocenters. The van der Waals surface area contributed by atoms with Gasteiger partial charge in [0.15, 0.2) is 0 Å². The Morgan fingerprint density at radius 3 is 2.50 bits per heavy atom. The maximum absolute atomic E-state index is 13.1. The van der Waals surface area contributed by atoms with Gasteiger partial charge in [-0.25, -0.2) is 4.39 Å². The summed E-state index contributed by atoms with van der Waals surface area (Å²) in [6, 6.07) is 3.48. The first-order valence-corrected chi connectivity index (χ1v) is 4.88. The average molecular weight is 235 g/mol. The number of hydrogen-bond acceptors (Lipinski definition) is 1. The SMILES string of the molecule is Cc1c(F)cccc1[C@@H](N)CCC(F)(F)F. The Morgan fingerprint density at radius 2 is 1.94 bits per heavy atom. The van der Waals surface area contributed by atoms with E-state index < -0.39 is 24.5 Å². The monoisotopic (exact) mass is 235 g/mol. The lowest BCUT2D eigenvalue weighted by molar-refractivity contribution is -0.136. The molecular formula is C11H13F4N. The fourth-order valence-electron chi connectivity index (χ4n) is 1.50. The van der Waals surface area contributed by atoms with Gasteiger partial charge in [-0.05, 0) is 30.5 Å². The van der Waals surface area contributed by atoms with Gasteiger partial charge in [-0.3, -0.25) is 0 Å². The molecule has 1 nitrogen and oxygen atoms in total. The maximum atomic E-state index is 13.1. The molecule has 0 aliphatic rings. The second-order valence-corrected chi connectivity index (χ2v) is 3.71. The van der Waals surface area contributed by atoms with Gasteiger partial charge in [-0.15, -0.1) is 0 Å². The zero-order valence-electron chi connectivity index (χ0n) is 8.81. The summed E-state index contributed by atoms with van der Waals surface area (Å²) in [6.45, 7) is 1.51. The van der Waals surface area contributed by atoms with Crippen molar-refractivity contribution < 1.29 is 17.6 Å². The number of nitrogens with two attached hydrogens (primary N) is 1. The minimum Gasteiger partial charge on any atom is -0.324 e. The highest BCUT2D eigenvalue weighted by atomic mass is 19.4. The number of benzene rings is 1. The van der Waals surface area contributed by atoms with Gasteiger partial charge in [-0.2, -0.15) is 13.2 Å². The Labute approximate surface area is 91.3 Å². The Balaban J connectivity index is 2.73. The van der Waals surface area contributed by atoms with Crippen molar-refractivity contribution in [3.05, 3.63) is 35.1 Å². The standard InChI is InChI=1S/C11H13F4N/c1-7-8(3-2-4-9(7)12)10(16)5-6-11(13,14)15/h2-4,10H,5-6,16H2,1H3/t10-/m0/s1. The molecule has 0 aliphatic heterocycles. The molecule has 0 amide bonds. The van der Waals surface area contributed by atoms with Crippen molar-refractivity contribution in [1.82, 2.24) is 0 Å². The van der Waals surface area contributed by atoms with Gasteiger partial charge in [-0.1, -0.05) is 12.1 Å². The third-order valence-corrected chi connectivity index (χ3v) is 2.45. The van der Waals surface area contributed by atoms with Crippen molar-refractivity contribution in [2.45, 2.75) is 32.0 Å². The highest BCUT2D eigenvalue weighted by molar-refractivity contribution is 5.29. The van der Waals surface area contributed by atoms with Crippen molar-refractivity contribution in [2.75, 3.05) is 0 Å². The van der Waals surface area contributed by atoms with Crippen LogP contribution < -0.4 is 5.73 Å². The molecule has 5 heteroatoms. The summed E-state index contributed by atoms with van der Waals surface area (Å²) in [7, 11) is 0. The van der Waals surface area contributed by atoms with Crippen LogP contribution in [0.1, 0.15) is 30.0 Å². The van der Waals surface area contributed by atoms with Crippen LogP contribution in [0, 0.1) is 12.7 Å². The first kappa shape index (κ1) is 13.0. The van der Waals surface area contributed by atoms with Gasteiger partial charge in [0.25, 0.3) is 0 Å². The Bertz CT molecular complexity index is 359. The number of halogens is 4. The van der Waals surface area contributed by atoms with E-state index >= 15 is 0 Å². The van der Waals surface area contributed by atoms with Gasteiger partial charge < -0.3 is 5.73 Å². The van der Waals surface area contributed by atoms with E-state index in [-0.39, 0.29) is 6.42 Å². The zero-order chi connectivity index (χ0) is 12.3. The second kappa shape index (κ2) is 4.82. The minimum absolute atomic E-state index is 0.228. The van der Waals surface area contributed by atoms with E-state index in [9.17, 15) is 17.6 Å². The Hall–Kier alpha value is -1.10. The molecular weight excluding hydrogens is 222 g/mol. The highest BCUT2D eigenvalue weighted by Gasteiger charge is 2.28. The van der Waals surface area contributed by atoms with Gasteiger partial charge in [0.1, 0.15) is 5.82 Å². The van der Waals surface area contributed by atoms with Crippen molar-refractivity contribution in [3.63, 3.8) is 0 Å². The predicted molar refractivity (Wildman–Crippen MR) is 53.4 cm³/mol. The lowest BCUT2D eigenvalue weighted by Gasteiger charge is -2.16. The second-order valence-electron chi connectivity index (χ2n) is 3.71. The molecule has 0 heterocycles. The van der Waals surface area contributed by atoms with Crippen LogP contribution in [0.15, 0.2) is 18.2 Å². The molecule has 2 N–H and O–H groups in total. The molecule has 0 saturated heterocycles. The van der Waals surface area contributed by atoms with Crippen LogP contribution >= 0.6 is 0 Å². The zero-order valence-corrected chi connectivity index (χ0v) is 8.81. The van der Waals surface area contributed by atoms with Crippen LogP contribution in [-0.4, -0.2) is 6.18 Å². The third kappa shape index (κ3) is 3.48. The Morgan fingerprint density at radius 1 is 1.31 bits per heavy atom. The van der Waals surface area contributed by atoms with Crippen molar-refractivity contribution in [2.24, 2.45) is 5.73 Å². The molecule has 0 saturated carbocycles. The summed E-state index contributed by atoms with van der Waals surface area (Å²) in [6.07, 6.45) is -5.41. The van der Waals surface area contributed by atoms with Crippen LogP contribution in [0.25, 0.3) is 0 Å². The van der Waals surface area contributed by atoms with Crippen LogP contribution in [-0.2, 0) is 0 Å². The lowest BCUT2D eigenvalue weighted by Crippen LogP contribution is -2.17. The normalized spacial score (nSPS) is 13.9. The molecule has 1 aromatic rings. The van der Waals surface area contributed by atoms with Crippen LogP contribution in [0.5, 0.6) is 0 Å². The molecule has 0 unspecified atom stereocenters. The quantitative estimate of drug-likeness (QED) is 0.797. The summed E-state index contributed by atoms with van der Waals surface area (Å²) in [5.41, 5.74) is 6.36. The van der Waals surface area contributed by atoms with E-state index in [2.05, 4.69) is 0 Å². The number of hydrogen-bond donors (Lipinski definition) is 1. The molecule has 0 bridgehead atoms. The van der Waals surface area contributed by atoms with Crippen molar-refractivity contribution in [1.29, 1.82) is 0 Å². The molecule has 0 spiro atoms. The van der Waals surface area contributed by atoms with Crippen molar-refractivity contribution in [3.8, 4) is 0 Å². The molecule has 0 aliphatic carbocycles. The summed E-state index contributed by atoms with van der Waals surface area (Å²) >= 11 is 0. The van der Waals surface area contributed by atoms with Crippen molar-refractivity contribution >= 4 is 0 Å². The topological polar surface area (TPSA) is 26.0 Å². The van der Waals surface area contributed by atoms with Gasteiger partial charge in [0.2, 0.25) is 0 Å². The third-order valence-electron chi connectivity index (χ3n) is 2.45. The predicted octanol–water partition coefficient (Wildman–Crippen LogP) is 3.48. The van der Waals surface area contributed by atoms with Gasteiger partial charge >= 0.3 is 6.18 Å². The van der Waals surface area contributed by atoms with Crippen LogP contribution in [0.3, 0.4) is 0 Å². The summed E-state index contributed by atoms with van der Waals surface area (Å²) < 4.78 is 49.1. The fourth-order valence-corrected chi connectivity index (χ4v) is 1.50. The molecule has 0 fully saturated rings. The molecule has 16 heavy (non-hydrogen) atoms. The smallest absolute Gasteiger partial charge is 0.324 e.